The normalized spacial score (nSPS) is 23.9. The van der Waals surface area contributed by atoms with Crippen molar-refractivity contribution < 1.29 is 0 Å². The average molecular weight is 425 g/mol. The Labute approximate surface area is 179 Å². The van der Waals surface area contributed by atoms with Crippen molar-refractivity contribution in [3.63, 3.8) is 0 Å². The van der Waals surface area contributed by atoms with E-state index in [9.17, 15) is 9.59 Å². The van der Waals surface area contributed by atoms with E-state index in [4.69, 9.17) is 11.6 Å². The molecule has 1 unspecified atom stereocenters. The lowest BCUT2D eigenvalue weighted by molar-refractivity contribution is 0.0992. The first-order valence-electron chi connectivity index (χ1n) is 10.5. The fourth-order valence-electron chi connectivity index (χ4n) is 5.26. The van der Waals surface area contributed by atoms with Crippen molar-refractivity contribution in [1.82, 2.24) is 19.0 Å². The van der Waals surface area contributed by atoms with Crippen molar-refractivity contribution in [2.24, 2.45) is 7.05 Å². The van der Waals surface area contributed by atoms with Crippen molar-refractivity contribution >= 4 is 22.8 Å². The monoisotopic (exact) mass is 424 g/mol. The predicted octanol–water partition coefficient (Wildman–Crippen LogP) is 3.43. The van der Waals surface area contributed by atoms with Crippen LogP contribution in [0.1, 0.15) is 42.9 Å². The minimum absolute atomic E-state index is 0.0191. The Bertz CT molecular complexity index is 1220. The van der Waals surface area contributed by atoms with E-state index >= 15 is 0 Å². The van der Waals surface area contributed by atoms with Crippen LogP contribution in [-0.2, 0) is 13.6 Å². The zero-order valence-electron chi connectivity index (χ0n) is 17.2. The van der Waals surface area contributed by atoms with Crippen LogP contribution in [0.4, 0.5) is 0 Å². The molecule has 2 fully saturated rings. The van der Waals surface area contributed by atoms with E-state index in [2.05, 4.69) is 41.1 Å². The van der Waals surface area contributed by atoms with Crippen molar-refractivity contribution in [3.8, 4) is 0 Å². The van der Waals surface area contributed by atoms with Crippen LogP contribution in [0.2, 0.25) is 5.02 Å². The van der Waals surface area contributed by atoms with Gasteiger partial charge in [0.15, 0.2) is 5.65 Å². The SMILES string of the molecule is Cc1ccc(CN2[C@@H]3CC[C@H]2CC(n2c(=O)c(=O)n(C)c4cc(Cl)cnc42)C3)cc1. The molecule has 30 heavy (non-hydrogen) atoms. The highest BCUT2D eigenvalue weighted by Crippen LogP contribution is 2.41. The Kier molecular flexibility index (Phi) is 4.79. The van der Waals surface area contributed by atoms with Gasteiger partial charge in [0.25, 0.3) is 0 Å². The molecule has 3 aromatic rings. The van der Waals surface area contributed by atoms with E-state index < -0.39 is 11.1 Å². The van der Waals surface area contributed by atoms with Gasteiger partial charge < -0.3 is 4.57 Å². The maximum atomic E-state index is 13.0. The highest BCUT2D eigenvalue weighted by atomic mass is 35.5. The zero-order valence-corrected chi connectivity index (χ0v) is 18.0. The summed E-state index contributed by atoms with van der Waals surface area (Å²) in [6, 6.07) is 11.2. The van der Waals surface area contributed by atoms with Crippen LogP contribution in [-0.4, -0.2) is 31.1 Å². The number of hydrogen-bond acceptors (Lipinski definition) is 4. The third-order valence-corrected chi connectivity index (χ3v) is 7.03. The second-order valence-corrected chi connectivity index (χ2v) is 9.14. The van der Waals surface area contributed by atoms with Gasteiger partial charge in [-0.25, -0.2) is 4.98 Å². The summed E-state index contributed by atoms with van der Waals surface area (Å²) < 4.78 is 3.00. The molecule has 0 amide bonds. The molecule has 0 radical (unpaired) electrons. The highest BCUT2D eigenvalue weighted by Gasteiger charge is 2.42. The van der Waals surface area contributed by atoms with Gasteiger partial charge in [0.1, 0.15) is 0 Å². The number of aryl methyl sites for hydroxylation is 2. The number of nitrogens with zero attached hydrogens (tertiary/aromatic N) is 4. The Morgan fingerprint density at radius 2 is 1.70 bits per heavy atom. The molecule has 1 aromatic carbocycles. The summed E-state index contributed by atoms with van der Waals surface area (Å²) in [5.41, 5.74) is 2.72. The van der Waals surface area contributed by atoms with Gasteiger partial charge in [-0.3, -0.25) is 19.1 Å². The highest BCUT2D eigenvalue weighted by molar-refractivity contribution is 6.31. The number of aromatic nitrogens is 3. The summed E-state index contributed by atoms with van der Waals surface area (Å²) in [6.07, 6.45) is 5.52. The summed E-state index contributed by atoms with van der Waals surface area (Å²) in [5.74, 6) is 0. The fourth-order valence-corrected chi connectivity index (χ4v) is 5.42. The van der Waals surface area contributed by atoms with Gasteiger partial charge in [0, 0.05) is 37.9 Å². The first-order valence-corrected chi connectivity index (χ1v) is 10.9. The molecule has 7 heteroatoms. The Balaban J connectivity index is 1.49. The summed E-state index contributed by atoms with van der Waals surface area (Å²) in [6.45, 7) is 3.04. The van der Waals surface area contributed by atoms with Crippen LogP contribution in [0.5, 0.6) is 0 Å². The number of halogens is 1. The minimum atomic E-state index is -0.527. The van der Waals surface area contributed by atoms with Gasteiger partial charge in [-0.05, 0) is 44.2 Å². The minimum Gasteiger partial charge on any atom is -0.304 e. The largest absolute Gasteiger partial charge is 0.318 e. The molecule has 2 aromatic heterocycles. The van der Waals surface area contributed by atoms with Crippen LogP contribution in [0.3, 0.4) is 0 Å². The molecule has 4 heterocycles. The van der Waals surface area contributed by atoms with Crippen molar-refractivity contribution in [1.29, 1.82) is 0 Å². The van der Waals surface area contributed by atoms with Crippen LogP contribution < -0.4 is 11.1 Å². The molecule has 0 saturated carbocycles. The fraction of sp³-hybridized carbons (Fsp3) is 0.435. The van der Waals surface area contributed by atoms with E-state index in [1.807, 2.05) is 0 Å². The smallest absolute Gasteiger partial charge is 0.304 e. The molecule has 2 bridgehead atoms. The summed E-state index contributed by atoms with van der Waals surface area (Å²) >= 11 is 6.11. The molecule has 0 aliphatic carbocycles. The van der Waals surface area contributed by atoms with Gasteiger partial charge in [0.2, 0.25) is 0 Å². The maximum absolute atomic E-state index is 13.0. The number of piperidine rings is 1. The first-order chi connectivity index (χ1) is 14.4. The van der Waals surface area contributed by atoms with E-state index in [0.717, 1.165) is 32.2 Å². The number of pyridine rings is 1. The van der Waals surface area contributed by atoms with Crippen molar-refractivity contribution in [2.75, 3.05) is 0 Å². The second-order valence-electron chi connectivity index (χ2n) is 8.70. The van der Waals surface area contributed by atoms with E-state index in [-0.39, 0.29) is 6.04 Å². The van der Waals surface area contributed by atoms with Crippen molar-refractivity contribution in [3.05, 3.63) is 73.4 Å². The van der Waals surface area contributed by atoms with Crippen molar-refractivity contribution in [2.45, 2.75) is 57.3 Å². The molecule has 5 rings (SSSR count). The molecule has 3 atom stereocenters. The predicted molar refractivity (Wildman–Crippen MR) is 118 cm³/mol. The quantitative estimate of drug-likeness (QED) is 0.604. The molecule has 2 aliphatic rings. The number of hydrogen-bond donors (Lipinski definition) is 0. The lowest BCUT2D eigenvalue weighted by atomic mass is 9.96. The molecule has 2 saturated heterocycles. The van der Waals surface area contributed by atoms with E-state index in [0.29, 0.717) is 28.3 Å². The Hall–Kier alpha value is -2.44. The van der Waals surface area contributed by atoms with Crippen LogP contribution in [0.25, 0.3) is 11.2 Å². The van der Waals surface area contributed by atoms with Crippen LogP contribution >= 0.6 is 11.6 Å². The zero-order chi connectivity index (χ0) is 21.0. The summed E-state index contributed by atoms with van der Waals surface area (Å²) in [5, 5.41) is 0.454. The lowest BCUT2D eigenvalue weighted by Crippen LogP contribution is -2.48. The summed E-state index contributed by atoms with van der Waals surface area (Å²) in [7, 11) is 1.60. The van der Waals surface area contributed by atoms with Gasteiger partial charge in [0.05, 0.1) is 10.5 Å². The van der Waals surface area contributed by atoms with Gasteiger partial charge in [-0.1, -0.05) is 41.4 Å². The van der Waals surface area contributed by atoms with Gasteiger partial charge in [-0.15, -0.1) is 0 Å². The maximum Gasteiger partial charge on any atom is 0.318 e. The van der Waals surface area contributed by atoms with E-state index in [1.165, 1.54) is 15.7 Å². The lowest BCUT2D eigenvalue weighted by Gasteiger charge is -2.39. The molecular formula is C23H25ClN4O2. The topological polar surface area (TPSA) is 60.1 Å². The number of rotatable bonds is 3. The first kappa shape index (κ1) is 19.5. The van der Waals surface area contributed by atoms with E-state index in [1.54, 1.807) is 23.9 Å². The Morgan fingerprint density at radius 1 is 1.03 bits per heavy atom. The Morgan fingerprint density at radius 3 is 2.37 bits per heavy atom. The summed E-state index contributed by atoms with van der Waals surface area (Å²) in [4.78, 5) is 32.6. The number of fused-ring (bicyclic) bond motifs is 3. The van der Waals surface area contributed by atoms with Crippen LogP contribution in [0.15, 0.2) is 46.1 Å². The molecule has 0 N–H and O–H groups in total. The second kappa shape index (κ2) is 7.36. The molecule has 6 nitrogen and oxygen atoms in total. The third-order valence-electron chi connectivity index (χ3n) is 6.82. The average Bonchev–Trinajstić information content (AvgIpc) is 2.95. The molecule has 156 valence electrons. The molecule has 0 spiro atoms. The third kappa shape index (κ3) is 3.19. The van der Waals surface area contributed by atoms with Gasteiger partial charge in [-0.2, -0.15) is 0 Å². The molecular weight excluding hydrogens is 400 g/mol. The number of benzene rings is 1. The standard InChI is InChI=1S/C23H25ClN4O2/c1-14-3-5-15(6-4-14)13-27-17-7-8-18(27)11-19(10-17)28-21-20(9-16(24)12-25-21)26(2)22(29)23(28)30/h3-6,9,12,17-19H,7-8,10-11,13H2,1-2H3/t17-,18+,19?. The molecule has 2 aliphatic heterocycles. The van der Waals surface area contributed by atoms with Crippen LogP contribution in [0, 0.1) is 6.92 Å². The van der Waals surface area contributed by atoms with Gasteiger partial charge >= 0.3 is 11.1 Å².